The molecule has 1 saturated carbocycles. The Balaban J connectivity index is 1.87. The number of alkyl halides is 1. The first-order valence-electron chi connectivity index (χ1n) is 5.75. The zero-order valence-corrected chi connectivity index (χ0v) is 12.1. The second-order valence-electron chi connectivity index (χ2n) is 4.47. The van der Waals surface area contributed by atoms with E-state index in [9.17, 15) is 0 Å². The van der Waals surface area contributed by atoms with Gasteiger partial charge in [0.25, 0.3) is 0 Å². The first-order chi connectivity index (χ1) is 7.66. The normalized spacial score (nSPS) is 19.2. The number of hydrogen-bond donors (Lipinski definition) is 0. The van der Waals surface area contributed by atoms with Crippen molar-refractivity contribution in [1.29, 1.82) is 0 Å². The van der Waals surface area contributed by atoms with Gasteiger partial charge in [0.2, 0.25) is 0 Å². The third kappa shape index (κ3) is 3.29. The molecule has 1 aromatic rings. The quantitative estimate of drug-likeness (QED) is 0.572. The van der Waals surface area contributed by atoms with Crippen molar-refractivity contribution in [3.05, 3.63) is 20.3 Å². The molecule has 1 atom stereocenters. The maximum Gasteiger partial charge on any atom is 0.0991 e. The fourth-order valence-electron chi connectivity index (χ4n) is 2.40. The SMILES string of the molecule is Clc1cc(C(Cl)CCC2CCCC2)c(Cl)s1. The predicted octanol–water partition coefficient (Wildman–Crippen LogP) is 6.31. The van der Waals surface area contributed by atoms with E-state index in [2.05, 4.69) is 0 Å². The molecule has 1 aromatic heterocycles. The van der Waals surface area contributed by atoms with Crippen molar-refractivity contribution < 1.29 is 0 Å². The maximum absolute atomic E-state index is 6.37. The minimum atomic E-state index is 0.0249. The molecule has 0 N–H and O–H groups in total. The highest BCUT2D eigenvalue weighted by Crippen LogP contribution is 2.41. The summed E-state index contributed by atoms with van der Waals surface area (Å²) in [7, 11) is 0. The summed E-state index contributed by atoms with van der Waals surface area (Å²) in [6.07, 6.45) is 7.77. The lowest BCUT2D eigenvalue weighted by Gasteiger charge is -2.12. The van der Waals surface area contributed by atoms with E-state index in [0.29, 0.717) is 0 Å². The smallest absolute Gasteiger partial charge is 0.0991 e. The van der Waals surface area contributed by atoms with Gasteiger partial charge in [-0.3, -0.25) is 0 Å². The summed E-state index contributed by atoms with van der Waals surface area (Å²) in [5.41, 5.74) is 1.01. The highest BCUT2D eigenvalue weighted by atomic mass is 35.5. The first kappa shape index (κ1) is 13.0. The van der Waals surface area contributed by atoms with Gasteiger partial charge in [-0.05, 0) is 24.8 Å². The largest absolute Gasteiger partial charge is 0.118 e. The molecule has 0 radical (unpaired) electrons. The van der Waals surface area contributed by atoms with E-state index in [1.54, 1.807) is 0 Å². The van der Waals surface area contributed by atoms with Gasteiger partial charge in [0.1, 0.15) is 0 Å². The Morgan fingerprint density at radius 3 is 2.56 bits per heavy atom. The van der Waals surface area contributed by atoms with Crippen LogP contribution in [0.4, 0.5) is 0 Å². The summed E-state index contributed by atoms with van der Waals surface area (Å²) < 4.78 is 1.47. The van der Waals surface area contributed by atoms with Gasteiger partial charge < -0.3 is 0 Å². The van der Waals surface area contributed by atoms with Crippen molar-refractivity contribution >= 4 is 46.1 Å². The molecule has 1 aliphatic carbocycles. The van der Waals surface area contributed by atoms with Crippen LogP contribution in [-0.2, 0) is 0 Å². The molecular weight excluding hydrogens is 283 g/mol. The molecule has 0 spiro atoms. The molecule has 1 fully saturated rings. The molecule has 0 bridgehead atoms. The van der Waals surface area contributed by atoms with Crippen LogP contribution in [0.15, 0.2) is 6.07 Å². The number of thiophene rings is 1. The summed E-state index contributed by atoms with van der Waals surface area (Å²) in [6, 6.07) is 1.90. The van der Waals surface area contributed by atoms with Crippen LogP contribution in [0.3, 0.4) is 0 Å². The minimum Gasteiger partial charge on any atom is -0.118 e. The Morgan fingerprint density at radius 1 is 1.31 bits per heavy atom. The molecule has 16 heavy (non-hydrogen) atoms. The Morgan fingerprint density at radius 2 is 2.00 bits per heavy atom. The lowest BCUT2D eigenvalue weighted by molar-refractivity contribution is 0.480. The van der Waals surface area contributed by atoms with E-state index in [0.717, 1.165) is 26.6 Å². The molecule has 1 heterocycles. The van der Waals surface area contributed by atoms with Gasteiger partial charge >= 0.3 is 0 Å². The molecular formula is C12H15Cl3S. The molecule has 0 aliphatic heterocycles. The average molecular weight is 298 g/mol. The fraction of sp³-hybridized carbons (Fsp3) is 0.667. The average Bonchev–Trinajstić information content (AvgIpc) is 2.84. The van der Waals surface area contributed by atoms with Crippen LogP contribution >= 0.6 is 46.1 Å². The van der Waals surface area contributed by atoms with Crippen molar-refractivity contribution in [3.63, 3.8) is 0 Å². The van der Waals surface area contributed by atoms with Gasteiger partial charge in [-0.25, -0.2) is 0 Å². The predicted molar refractivity (Wildman–Crippen MR) is 74.1 cm³/mol. The third-order valence-corrected chi connectivity index (χ3v) is 5.29. The molecule has 1 aliphatic rings. The summed E-state index contributed by atoms with van der Waals surface area (Å²) in [5, 5.41) is 0.0249. The zero-order valence-electron chi connectivity index (χ0n) is 9.02. The minimum absolute atomic E-state index is 0.0249. The van der Waals surface area contributed by atoms with Gasteiger partial charge in [-0.15, -0.1) is 22.9 Å². The molecule has 0 saturated heterocycles. The molecule has 1 unspecified atom stereocenters. The van der Waals surface area contributed by atoms with Crippen molar-refractivity contribution in [2.75, 3.05) is 0 Å². The summed E-state index contributed by atoms with van der Waals surface area (Å²) >= 11 is 19.8. The van der Waals surface area contributed by atoms with Gasteiger partial charge in [-0.1, -0.05) is 48.9 Å². The van der Waals surface area contributed by atoms with Gasteiger partial charge in [0, 0.05) is 5.56 Å². The standard InChI is InChI=1S/C12H15Cl3S/c13-10(6-5-8-3-1-2-4-8)9-7-11(14)16-12(9)15/h7-8,10H,1-6H2. The third-order valence-electron chi connectivity index (χ3n) is 3.32. The second-order valence-corrected chi connectivity index (χ2v) is 7.29. The second kappa shape index (κ2) is 5.95. The Hall–Kier alpha value is 0.570. The maximum atomic E-state index is 6.37. The van der Waals surface area contributed by atoms with E-state index in [-0.39, 0.29) is 5.38 Å². The Kier molecular flexibility index (Phi) is 4.84. The van der Waals surface area contributed by atoms with Gasteiger partial charge in [0.05, 0.1) is 14.0 Å². The number of halogens is 3. The summed E-state index contributed by atoms with van der Waals surface area (Å²) in [4.78, 5) is 0. The van der Waals surface area contributed by atoms with E-state index >= 15 is 0 Å². The zero-order chi connectivity index (χ0) is 11.5. The Labute approximate surface area is 116 Å². The number of hydrogen-bond acceptors (Lipinski definition) is 1. The van der Waals surface area contributed by atoms with Crippen LogP contribution in [0.25, 0.3) is 0 Å². The lowest BCUT2D eigenvalue weighted by atomic mass is 9.99. The van der Waals surface area contributed by atoms with Crippen LogP contribution in [0.2, 0.25) is 8.67 Å². The molecule has 2 rings (SSSR count). The van der Waals surface area contributed by atoms with Crippen molar-refractivity contribution in [2.45, 2.75) is 43.9 Å². The highest BCUT2D eigenvalue weighted by Gasteiger charge is 2.19. The highest BCUT2D eigenvalue weighted by molar-refractivity contribution is 7.20. The van der Waals surface area contributed by atoms with Crippen LogP contribution in [0.1, 0.15) is 49.5 Å². The topological polar surface area (TPSA) is 0 Å². The Bertz CT molecular complexity index is 342. The van der Waals surface area contributed by atoms with Crippen molar-refractivity contribution in [1.82, 2.24) is 0 Å². The fourth-order valence-corrected chi connectivity index (χ4v) is 4.40. The molecule has 0 aromatic carbocycles. The van der Waals surface area contributed by atoms with E-state index in [4.69, 9.17) is 34.8 Å². The van der Waals surface area contributed by atoms with E-state index in [1.807, 2.05) is 6.07 Å². The van der Waals surface area contributed by atoms with E-state index in [1.165, 1.54) is 43.4 Å². The van der Waals surface area contributed by atoms with E-state index < -0.39 is 0 Å². The van der Waals surface area contributed by atoms with Crippen LogP contribution in [-0.4, -0.2) is 0 Å². The van der Waals surface area contributed by atoms with Crippen LogP contribution in [0, 0.1) is 5.92 Å². The number of rotatable bonds is 4. The molecule has 4 heteroatoms. The van der Waals surface area contributed by atoms with Crippen molar-refractivity contribution in [3.8, 4) is 0 Å². The summed E-state index contributed by atoms with van der Waals surface area (Å²) in [5.74, 6) is 0.883. The monoisotopic (exact) mass is 296 g/mol. The molecule has 0 nitrogen and oxygen atoms in total. The van der Waals surface area contributed by atoms with Crippen LogP contribution < -0.4 is 0 Å². The lowest BCUT2D eigenvalue weighted by Crippen LogP contribution is -1.97. The molecule has 90 valence electrons. The first-order valence-corrected chi connectivity index (χ1v) is 7.76. The van der Waals surface area contributed by atoms with Crippen LogP contribution in [0.5, 0.6) is 0 Å². The summed E-state index contributed by atoms with van der Waals surface area (Å²) in [6.45, 7) is 0. The van der Waals surface area contributed by atoms with Gasteiger partial charge in [-0.2, -0.15) is 0 Å². The van der Waals surface area contributed by atoms with Crippen molar-refractivity contribution in [2.24, 2.45) is 5.92 Å². The van der Waals surface area contributed by atoms with Gasteiger partial charge in [0.15, 0.2) is 0 Å². The molecule has 0 amide bonds.